The first kappa shape index (κ1) is 24.3. The standard InChI is InChI=1S/C26H28FN5O3.CH4/c27-19-13-17-22-25(23(19)31-11-7-16(28)14-31)35-21-6-2-1-5-20(21)32(22)15-18(24(17)33)26(34)29-8-12-30-9-3-4-10-30;/h1-2,5-6,13,15-16H,3-4,7-12,14,28H2,(H,29,34);1H4/t16-;/m0./s1. The molecule has 36 heavy (non-hydrogen) atoms. The van der Waals surface area contributed by atoms with Crippen molar-refractivity contribution >= 4 is 22.5 Å². The summed E-state index contributed by atoms with van der Waals surface area (Å²) in [5.74, 6) is -0.205. The van der Waals surface area contributed by atoms with Crippen molar-refractivity contribution < 1.29 is 13.9 Å². The van der Waals surface area contributed by atoms with E-state index in [4.69, 9.17) is 10.5 Å². The van der Waals surface area contributed by atoms with Gasteiger partial charge in [-0.25, -0.2) is 4.39 Å². The van der Waals surface area contributed by atoms with Gasteiger partial charge in [0.15, 0.2) is 17.3 Å². The Morgan fingerprint density at radius 3 is 2.72 bits per heavy atom. The minimum atomic E-state index is -0.559. The fraction of sp³-hybridized carbons (Fsp3) is 0.407. The second kappa shape index (κ2) is 9.55. The fourth-order valence-electron chi connectivity index (χ4n) is 5.43. The number of pyridine rings is 1. The van der Waals surface area contributed by atoms with E-state index in [-0.39, 0.29) is 30.2 Å². The molecule has 0 aliphatic carbocycles. The number of nitrogens with two attached hydrogens (primary N) is 1. The molecule has 3 aromatic rings. The quantitative estimate of drug-likeness (QED) is 0.444. The van der Waals surface area contributed by atoms with E-state index in [1.54, 1.807) is 16.8 Å². The van der Waals surface area contributed by atoms with Gasteiger partial charge in [-0.3, -0.25) is 9.59 Å². The molecule has 2 aromatic carbocycles. The third kappa shape index (κ3) is 4.02. The molecule has 8 nitrogen and oxygen atoms in total. The maximum absolute atomic E-state index is 15.5. The third-order valence-electron chi connectivity index (χ3n) is 7.21. The van der Waals surface area contributed by atoms with Crippen LogP contribution in [-0.4, -0.2) is 60.7 Å². The molecule has 1 atom stereocenters. The fourth-order valence-corrected chi connectivity index (χ4v) is 5.43. The van der Waals surface area contributed by atoms with Gasteiger partial charge in [0.1, 0.15) is 16.8 Å². The van der Waals surface area contributed by atoms with Crippen LogP contribution in [0.25, 0.3) is 16.6 Å². The molecule has 9 heteroatoms. The van der Waals surface area contributed by atoms with Gasteiger partial charge in [0.05, 0.1) is 11.1 Å². The molecule has 0 unspecified atom stereocenters. The molecule has 3 aliphatic rings. The largest absolute Gasteiger partial charge is 0.451 e. The van der Waals surface area contributed by atoms with E-state index in [9.17, 15) is 9.59 Å². The first-order chi connectivity index (χ1) is 17.0. The molecule has 190 valence electrons. The molecule has 2 saturated heterocycles. The van der Waals surface area contributed by atoms with E-state index >= 15 is 4.39 Å². The number of likely N-dealkylation sites (tertiary alicyclic amines) is 1. The van der Waals surface area contributed by atoms with Crippen molar-refractivity contribution in [2.45, 2.75) is 32.7 Å². The minimum Gasteiger partial charge on any atom is -0.451 e. The smallest absolute Gasteiger partial charge is 0.256 e. The average molecular weight is 494 g/mol. The number of ether oxygens (including phenoxy) is 1. The van der Waals surface area contributed by atoms with Crippen molar-refractivity contribution in [3.05, 3.63) is 58.1 Å². The second-order valence-corrected chi connectivity index (χ2v) is 9.54. The number of nitrogens with one attached hydrogen (secondary N) is 1. The Kier molecular flexibility index (Phi) is 6.44. The number of halogens is 1. The van der Waals surface area contributed by atoms with Crippen LogP contribution in [0, 0.1) is 5.82 Å². The van der Waals surface area contributed by atoms with Gasteiger partial charge in [0, 0.05) is 38.4 Å². The molecule has 0 bridgehead atoms. The summed E-state index contributed by atoms with van der Waals surface area (Å²) in [5.41, 5.74) is 7.00. The Balaban J connectivity index is 0.00000267. The molecule has 0 saturated carbocycles. The van der Waals surface area contributed by atoms with Gasteiger partial charge < -0.3 is 30.2 Å². The van der Waals surface area contributed by atoms with Crippen LogP contribution in [-0.2, 0) is 0 Å². The number of carbonyl (C=O) groups is 1. The van der Waals surface area contributed by atoms with Gasteiger partial charge in [0.25, 0.3) is 5.91 Å². The zero-order chi connectivity index (χ0) is 24.1. The molecule has 2 fully saturated rings. The van der Waals surface area contributed by atoms with E-state index in [1.165, 1.54) is 18.9 Å². The van der Waals surface area contributed by atoms with Crippen molar-refractivity contribution in [3.8, 4) is 17.2 Å². The van der Waals surface area contributed by atoms with Gasteiger partial charge >= 0.3 is 0 Å². The number of benzene rings is 2. The highest BCUT2D eigenvalue weighted by Gasteiger charge is 2.32. The summed E-state index contributed by atoms with van der Waals surface area (Å²) in [7, 11) is 0. The molecule has 4 heterocycles. The Labute approximate surface area is 209 Å². The van der Waals surface area contributed by atoms with Gasteiger partial charge in [-0.2, -0.15) is 0 Å². The van der Waals surface area contributed by atoms with Crippen LogP contribution in [0.3, 0.4) is 0 Å². The van der Waals surface area contributed by atoms with Crippen LogP contribution in [0.4, 0.5) is 10.1 Å². The number of hydrogen-bond acceptors (Lipinski definition) is 6. The zero-order valence-corrected chi connectivity index (χ0v) is 19.4. The van der Waals surface area contributed by atoms with E-state index in [1.807, 2.05) is 23.1 Å². The third-order valence-corrected chi connectivity index (χ3v) is 7.21. The second-order valence-electron chi connectivity index (χ2n) is 9.54. The lowest BCUT2D eigenvalue weighted by Gasteiger charge is -2.29. The zero-order valence-electron chi connectivity index (χ0n) is 19.4. The normalized spacial score (nSPS) is 18.6. The number of carbonyl (C=O) groups excluding carboxylic acids is 1. The number of amides is 1. The number of anilines is 1. The minimum absolute atomic E-state index is 0. The van der Waals surface area contributed by atoms with Crippen LogP contribution in [0.5, 0.6) is 11.5 Å². The molecule has 0 radical (unpaired) electrons. The topological polar surface area (TPSA) is 92.8 Å². The predicted molar refractivity (Wildman–Crippen MR) is 139 cm³/mol. The van der Waals surface area contributed by atoms with Gasteiger partial charge in [-0.1, -0.05) is 19.6 Å². The number of rotatable bonds is 5. The summed E-state index contributed by atoms with van der Waals surface area (Å²) in [6, 6.07) is 8.52. The van der Waals surface area contributed by atoms with Crippen molar-refractivity contribution in [2.24, 2.45) is 5.73 Å². The highest BCUT2D eigenvalue weighted by atomic mass is 19.1. The number of para-hydroxylation sites is 2. The summed E-state index contributed by atoms with van der Waals surface area (Å²) in [6.07, 6.45) is 4.64. The lowest BCUT2D eigenvalue weighted by molar-refractivity contribution is 0.0948. The van der Waals surface area contributed by atoms with E-state index in [0.29, 0.717) is 42.3 Å². The summed E-state index contributed by atoms with van der Waals surface area (Å²) in [6.45, 7) is 4.35. The monoisotopic (exact) mass is 493 g/mol. The Hall–Kier alpha value is -3.43. The molecule has 1 aromatic heterocycles. The van der Waals surface area contributed by atoms with Crippen LogP contribution in [0.2, 0.25) is 0 Å². The first-order valence-corrected chi connectivity index (χ1v) is 12.2. The maximum Gasteiger partial charge on any atom is 0.256 e. The SMILES string of the molecule is C.N[C@H]1CCN(c2c(F)cc3c(=O)c(C(=O)NCCN4CCCC4)cn4c3c2Oc2ccccc2-4)C1. The van der Waals surface area contributed by atoms with Gasteiger partial charge in [-0.05, 0) is 50.6 Å². The van der Waals surface area contributed by atoms with Crippen molar-refractivity contribution in [2.75, 3.05) is 44.2 Å². The van der Waals surface area contributed by atoms with E-state index in [2.05, 4.69) is 10.2 Å². The molecule has 3 aliphatic heterocycles. The molecular formula is C27H32FN5O3. The molecule has 3 N–H and O–H groups in total. The molecule has 6 rings (SSSR count). The Bertz CT molecular complexity index is 1380. The van der Waals surface area contributed by atoms with Crippen molar-refractivity contribution in [1.29, 1.82) is 0 Å². The maximum atomic E-state index is 15.5. The van der Waals surface area contributed by atoms with Crippen LogP contribution < -0.4 is 26.1 Å². The number of nitrogens with zero attached hydrogens (tertiary/aromatic N) is 3. The molecule has 1 amide bonds. The van der Waals surface area contributed by atoms with Crippen LogP contribution >= 0.6 is 0 Å². The Morgan fingerprint density at radius 1 is 1.19 bits per heavy atom. The summed E-state index contributed by atoms with van der Waals surface area (Å²) < 4.78 is 23.5. The van der Waals surface area contributed by atoms with Gasteiger partial charge in [-0.15, -0.1) is 0 Å². The molecular weight excluding hydrogens is 461 g/mol. The number of fused-ring (bicyclic) bond motifs is 2. The van der Waals surface area contributed by atoms with E-state index in [0.717, 1.165) is 26.1 Å². The predicted octanol–water partition coefficient (Wildman–Crippen LogP) is 3.23. The highest BCUT2D eigenvalue weighted by Crippen LogP contribution is 2.46. The lowest BCUT2D eigenvalue weighted by atomic mass is 10.1. The average Bonchev–Trinajstić information content (AvgIpc) is 3.52. The number of hydrogen-bond donors (Lipinski definition) is 2. The summed E-state index contributed by atoms with van der Waals surface area (Å²) in [5, 5.41) is 2.99. The Morgan fingerprint density at radius 2 is 1.97 bits per heavy atom. The van der Waals surface area contributed by atoms with Crippen molar-refractivity contribution in [1.82, 2.24) is 14.8 Å². The first-order valence-electron chi connectivity index (χ1n) is 12.2. The van der Waals surface area contributed by atoms with E-state index < -0.39 is 17.2 Å². The van der Waals surface area contributed by atoms with Crippen molar-refractivity contribution in [3.63, 3.8) is 0 Å². The van der Waals surface area contributed by atoms with Crippen LogP contribution in [0.15, 0.2) is 41.3 Å². The number of aromatic nitrogens is 1. The highest BCUT2D eigenvalue weighted by molar-refractivity contribution is 6.01. The lowest BCUT2D eigenvalue weighted by Crippen LogP contribution is -2.36. The summed E-state index contributed by atoms with van der Waals surface area (Å²) in [4.78, 5) is 30.7. The summed E-state index contributed by atoms with van der Waals surface area (Å²) >= 11 is 0. The van der Waals surface area contributed by atoms with Gasteiger partial charge in [0.2, 0.25) is 5.43 Å². The van der Waals surface area contributed by atoms with Crippen LogP contribution in [0.1, 0.15) is 37.0 Å². The molecule has 0 spiro atoms.